The summed E-state index contributed by atoms with van der Waals surface area (Å²) >= 11 is 1.54. The third-order valence-electron chi connectivity index (χ3n) is 5.50. The Labute approximate surface area is 167 Å². The van der Waals surface area contributed by atoms with Crippen molar-refractivity contribution in [2.24, 2.45) is 5.41 Å². The molecule has 2 aromatic heterocycles. The van der Waals surface area contributed by atoms with E-state index in [-0.39, 0.29) is 17.2 Å². The number of carbonyl (C=O) groups is 1. The highest BCUT2D eigenvalue weighted by atomic mass is 32.1. The Bertz CT molecular complexity index is 1040. The van der Waals surface area contributed by atoms with E-state index < -0.39 is 0 Å². The summed E-state index contributed by atoms with van der Waals surface area (Å²) in [6, 6.07) is 8.08. The molecule has 1 saturated heterocycles. The molecular formula is C20H23N5O2S. The van der Waals surface area contributed by atoms with Crippen molar-refractivity contribution in [3.63, 3.8) is 0 Å². The number of ketones is 1. The highest BCUT2D eigenvalue weighted by Gasteiger charge is 2.36. The molecule has 0 bridgehead atoms. The molecule has 7 nitrogen and oxygen atoms in total. The largest absolute Gasteiger partial charge is 0.377 e. The topological polar surface area (TPSA) is 73.1 Å². The maximum absolute atomic E-state index is 12.6. The Kier molecular flexibility index (Phi) is 4.21. The number of morpholine rings is 1. The SMILES string of the molecule is CC1(C)CC(=O)c2sc(N3CCOC[C@@H]3Cn3nnc4ccccc43)nc2C1. The molecule has 28 heavy (non-hydrogen) atoms. The van der Waals surface area contributed by atoms with Gasteiger partial charge in [0.2, 0.25) is 0 Å². The molecule has 8 heteroatoms. The third kappa shape index (κ3) is 3.10. The van der Waals surface area contributed by atoms with Crippen LogP contribution in [-0.4, -0.2) is 51.6 Å². The normalized spacial score (nSPS) is 21.9. The molecule has 146 valence electrons. The minimum atomic E-state index is -0.0144. The number of hydrogen-bond donors (Lipinski definition) is 0. The molecule has 0 radical (unpaired) electrons. The van der Waals surface area contributed by atoms with Gasteiger partial charge >= 0.3 is 0 Å². The van der Waals surface area contributed by atoms with Gasteiger partial charge in [-0.05, 0) is 24.0 Å². The van der Waals surface area contributed by atoms with E-state index in [0.717, 1.165) is 39.7 Å². The number of thiazole rings is 1. The molecule has 0 saturated carbocycles. The molecule has 1 fully saturated rings. The molecule has 0 N–H and O–H groups in total. The summed E-state index contributed by atoms with van der Waals surface area (Å²) in [5, 5.41) is 9.51. The van der Waals surface area contributed by atoms with E-state index in [1.807, 2.05) is 28.9 Å². The summed E-state index contributed by atoms with van der Waals surface area (Å²) in [6.07, 6.45) is 1.45. The number of rotatable bonds is 3. The zero-order valence-electron chi connectivity index (χ0n) is 16.1. The highest BCUT2D eigenvalue weighted by molar-refractivity contribution is 7.17. The molecule has 0 unspecified atom stereocenters. The summed E-state index contributed by atoms with van der Waals surface area (Å²) in [6.45, 7) is 6.99. The molecule has 5 rings (SSSR count). The average molecular weight is 398 g/mol. The lowest BCUT2D eigenvalue weighted by Crippen LogP contribution is -2.48. The molecule has 1 atom stereocenters. The van der Waals surface area contributed by atoms with Crippen molar-refractivity contribution >= 4 is 33.3 Å². The monoisotopic (exact) mass is 397 g/mol. The predicted molar refractivity (Wildman–Crippen MR) is 108 cm³/mol. The first-order valence-corrected chi connectivity index (χ1v) is 10.5. The lowest BCUT2D eigenvalue weighted by molar-refractivity contribution is 0.0879. The van der Waals surface area contributed by atoms with E-state index in [4.69, 9.17) is 9.72 Å². The molecular weight excluding hydrogens is 374 g/mol. The molecule has 2 aliphatic rings. The van der Waals surface area contributed by atoms with E-state index in [1.165, 1.54) is 11.3 Å². The van der Waals surface area contributed by atoms with Gasteiger partial charge < -0.3 is 9.64 Å². The van der Waals surface area contributed by atoms with E-state index in [0.29, 0.717) is 26.2 Å². The number of aromatic nitrogens is 4. The van der Waals surface area contributed by atoms with Gasteiger partial charge in [-0.25, -0.2) is 9.67 Å². The number of fused-ring (bicyclic) bond motifs is 2. The average Bonchev–Trinajstić information content (AvgIpc) is 3.26. The van der Waals surface area contributed by atoms with Crippen LogP contribution in [0.15, 0.2) is 24.3 Å². The first-order valence-electron chi connectivity index (χ1n) is 9.66. The van der Waals surface area contributed by atoms with E-state index in [9.17, 15) is 4.79 Å². The van der Waals surface area contributed by atoms with Crippen molar-refractivity contribution in [1.82, 2.24) is 20.0 Å². The van der Waals surface area contributed by atoms with Crippen LogP contribution in [0.5, 0.6) is 0 Å². The van der Waals surface area contributed by atoms with Crippen molar-refractivity contribution in [2.45, 2.75) is 39.3 Å². The van der Waals surface area contributed by atoms with Gasteiger partial charge in [0.1, 0.15) is 5.52 Å². The molecule has 0 spiro atoms. The standard InChI is InChI=1S/C20H23N5O2S/c1-20(2)9-15-18(17(26)10-20)28-19(21-15)24-7-8-27-12-13(24)11-25-16-6-4-3-5-14(16)22-23-25/h3-6,13H,7-12H2,1-2H3/t13-/m0/s1. The smallest absolute Gasteiger partial charge is 0.186 e. The van der Waals surface area contributed by atoms with Gasteiger partial charge in [0.15, 0.2) is 10.9 Å². The molecule has 3 heterocycles. The minimum Gasteiger partial charge on any atom is -0.377 e. The number of hydrogen-bond acceptors (Lipinski definition) is 7. The fourth-order valence-corrected chi connectivity index (χ4v) is 5.26. The number of nitrogens with zero attached hydrogens (tertiary/aromatic N) is 5. The van der Waals surface area contributed by atoms with Crippen molar-refractivity contribution in [3.05, 3.63) is 34.8 Å². The van der Waals surface area contributed by atoms with Crippen molar-refractivity contribution < 1.29 is 9.53 Å². The summed E-state index contributed by atoms with van der Waals surface area (Å²) in [5.41, 5.74) is 2.85. The van der Waals surface area contributed by atoms with Crippen LogP contribution in [0.4, 0.5) is 5.13 Å². The lowest BCUT2D eigenvalue weighted by atomic mass is 9.78. The second-order valence-electron chi connectivity index (χ2n) is 8.40. The number of Topliss-reactive ketones (excluding diaryl/α,β-unsaturated/α-hetero) is 1. The Morgan fingerprint density at radius 1 is 1.29 bits per heavy atom. The Hall–Kier alpha value is -2.32. The maximum Gasteiger partial charge on any atom is 0.186 e. The summed E-state index contributed by atoms with van der Waals surface area (Å²) in [7, 11) is 0. The molecule has 3 aromatic rings. The number of benzene rings is 1. The minimum absolute atomic E-state index is 0.0144. The van der Waals surface area contributed by atoms with Crippen molar-refractivity contribution in [1.29, 1.82) is 0 Å². The summed E-state index contributed by atoms with van der Waals surface area (Å²) in [5.74, 6) is 0.224. The van der Waals surface area contributed by atoms with Gasteiger partial charge in [-0.2, -0.15) is 0 Å². The van der Waals surface area contributed by atoms with Crippen LogP contribution in [0.1, 0.15) is 35.6 Å². The predicted octanol–water partition coefficient (Wildman–Crippen LogP) is 2.95. The quantitative estimate of drug-likeness (QED) is 0.677. The van der Waals surface area contributed by atoms with Gasteiger partial charge in [0.25, 0.3) is 0 Å². The molecule has 1 aromatic carbocycles. The van der Waals surface area contributed by atoms with Crippen LogP contribution in [0, 0.1) is 5.41 Å². The van der Waals surface area contributed by atoms with E-state index in [2.05, 4.69) is 29.1 Å². The third-order valence-corrected chi connectivity index (χ3v) is 6.68. The van der Waals surface area contributed by atoms with Gasteiger partial charge in [-0.1, -0.05) is 42.5 Å². The molecule has 0 amide bonds. The van der Waals surface area contributed by atoms with Crippen LogP contribution >= 0.6 is 11.3 Å². The Balaban J connectivity index is 1.45. The van der Waals surface area contributed by atoms with E-state index >= 15 is 0 Å². The first-order chi connectivity index (χ1) is 13.5. The highest BCUT2D eigenvalue weighted by Crippen LogP contribution is 2.40. The Morgan fingerprint density at radius 2 is 2.14 bits per heavy atom. The molecule has 1 aliphatic heterocycles. The van der Waals surface area contributed by atoms with Crippen molar-refractivity contribution in [2.75, 3.05) is 24.7 Å². The molecule has 1 aliphatic carbocycles. The Morgan fingerprint density at radius 3 is 3.04 bits per heavy atom. The summed E-state index contributed by atoms with van der Waals surface area (Å²) in [4.78, 5) is 20.6. The second-order valence-corrected chi connectivity index (χ2v) is 9.37. The lowest BCUT2D eigenvalue weighted by Gasteiger charge is -2.35. The van der Waals surface area contributed by atoms with Gasteiger partial charge in [0, 0.05) is 13.0 Å². The summed E-state index contributed by atoms with van der Waals surface area (Å²) < 4.78 is 7.69. The van der Waals surface area contributed by atoms with Crippen molar-refractivity contribution in [3.8, 4) is 0 Å². The number of anilines is 1. The maximum atomic E-state index is 12.6. The van der Waals surface area contributed by atoms with Gasteiger partial charge in [-0.15, -0.1) is 5.10 Å². The zero-order valence-corrected chi connectivity index (χ0v) is 16.9. The fraction of sp³-hybridized carbons (Fsp3) is 0.500. The fourth-order valence-electron chi connectivity index (χ4n) is 4.14. The zero-order chi connectivity index (χ0) is 19.3. The number of carbonyl (C=O) groups excluding carboxylic acids is 1. The second kappa shape index (κ2) is 6.63. The van der Waals surface area contributed by atoms with Crippen LogP contribution in [-0.2, 0) is 17.7 Å². The van der Waals surface area contributed by atoms with Crippen LogP contribution in [0.25, 0.3) is 11.0 Å². The number of para-hydroxylation sites is 1. The number of ether oxygens (including phenoxy) is 1. The van der Waals surface area contributed by atoms with E-state index in [1.54, 1.807) is 0 Å². The van der Waals surface area contributed by atoms with Gasteiger partial charge in [0.05, 0.1) is 41.9 Å². The van der Waals surface area contributed by atoms with Crippen LogP contribution < -0.4 is 4.90 Å². The van der Waals surface area contributed by atoms with Crippen LogP contribution in [0.2, 0.25) is 0 Å². The first kappa shape index (κ1) is 17.8. The van der Waals surface area contributed by atoms with Crippen LogP contribution in [0.3, 0.4) is 0 Å². The van der Waals surface area contributed by atoms with Gasteiger partial charge in [-0.3, -0.25) is 4.79 Å².